The molecule has 0 radical (unpaired) electrons. The molecule has 0 bridgehead atoms. The van der Waals surface area contributed by atoms with E-state index in [4.69, 9.17) is 10.2 Å². The van der Waals surface area contributed by atoms with Gasteiger partial charge in [0.25, 0.3) is 0 Å². The van der Waals surface area contributed by atoms with Crippen molar-refractivity contribution in [1.82, 2.24) is 20.4 Å². The largest absolute Gasteiger partial charge is 0.408 e. The summed E-state index contributed by atoms with van der Waals surface area (Å²) in [6.45, 7) is 0.479. The van der Waals surface area contributed by atoms with Crippen LogP contribution in [0, 0.1) is 0 Å². The Hall–Kier alpha value is -2.02. The van der Waals surface area contributed by atoms with E-state index in [2.05, 4.69) is 25.7 Å². The minimum Gasteiger partial charge on any atom is -0.408 e. The average molecular weight is 206 g/mol. The lowest BCUT2D eigenvalue weighted by atomic mass is 10.4. The molecule has 0 atom stereocenters. The fraction of sp³-hybridized carbons (Fsp3) is 0.250. The van der Waals surface area contributed by atoms with Crippen LogP contribution in [-0.2, 0) is 6.42 Å². The van der Waals surface area contributed by atoms with E-state index in [1.165, 1.54) is 0 Å². The summed E-state index contributed by atoms with van der Waals surface area (Å²) >= 11 is 0. The molecule has 2 aromatic rings. The highest BCUT2D eigenvalue weighted by molar-refractivity contribution is 5.43. The van der Waals surface area contributed by atoms with Crippen molar-refractivity contribution in [3.05, 3.63) is 24.2 Å². The predicted molar refractivity (Wildman–Crippen MR) is 52.4 cm³/mol. The van der Waals surface area contributed by atoms with Crippen LogP contribution >= 0.6 is 0 Å². The first-order chi connectivity index (χ1) is 7.38. The van der Waals surface area contributed by atoms with Crippen LogP contribution in [0.3, 0.4) is 0 Å². The molecule has 0 spiro atoms. The molecule has 0 aliphatic rings. The molecule has 2 aromatic heterocycles. The first kappa shape index (κ1) is 9.53. The molecule has 2 heterocycles. The van der Waals surface area contributed by atoms with E-state index in [0.717, 1.165) is 0 Å². The standard InChI is InChI=1S/C8H10N6O/c9-4-3-7-13-14-8(15-7)11-6-2-1-5-10-12-6/h1-2,5H,3-4,9H2,(H,11,12,14). The highest BCUT2D eigenvalue weighted by Gasteiger charge is 2.05. The van der Waals surface area contributed by atoms with E-state index >= 15 is 0 Å². The number of nitrogens with two attached hydrogens (primary N) is 1. The highest BCUT2D eigenvalue weighted by Crippen LogP contribution is 2.11. The van der Waals surface area contributed by atoms with Crippen LogP contribution in [-0.4, -0.2) is 26.9 Å². The molecule has 7 nitrogen and oxygen atoms in total. The molecule has 3 N–H and O–H groups in total. The maximum Gasteiger partial charge on any atom is 0.321 e. The van der Waals surface area contributed by atoms with E-state index in [1.54, 1.807) is 18.3 Å². The van der Waals surface area contributed by atoms with Gasteiger partial charge in [-0.1, -0.05) is 5.10 Å². The maximum absolute atomic E-state index is 5.35. The molecule has 0 amide bonds. The van der Waals surface area contributed by atoms with Crippen molar-refractivity contribution in [2.45, 2.75) is 6.42 Å². The van der Waals surface area contributed by atoms with Crippen LogP contribution < -0.4 is 11.1 Å². The van der Waals surface area contributed by atoms with E-state index in [0.29, 0.717) is 30.7 Å². The van der Waals surface area contributed by atoms with Gasteiger partial charge in [0.15, 0.2) is 5.82 Å². The van der Waals surface area contributed by atoms with Gasteiger partial charge < -0.3 is 10.2 Å². The Labute approximate surface area is 85.7 Å². The highest BCUT2D eigenvalue weighted by atomic mass is 16.4. The summed E-state index contributed by atoms with van der Waals surface area (Å²) in [5.41, 5.74) is 5.35. The minimum atomic E-state index is 0.291. The topological polar surface area (TPSA) is 103 Å². The summed E-state index contributed by atoms with van der Waals surface area (Å²) in [7, 11) is 0. The van der Waals surface area contributed by atoms with Gasteiger partial charge in [-0.05, 0) is 12.1 Å². The first-order valence-corrected chi connectivity index (χ1v) is 4.45. The third kappa shape index (κ3) is 2.47. The van der Waals surface area contributed by atoms with Gasteiger partial charge in [-0.3, -0.25) is 5.32 Å². The summed E-state index contributed by atoms with van der Waals surface area (Å²) in [4.78, 5) is 0. The summed E-state index contributed by atoms with van der Waals surface area (Å²) in [6.07, 6.45) is 2.15. The number of rotatable bonds is 4. The molecule has 7 heteroatoms. The molecule has 2 rings (SSSR count). The van der Waals surface area contributed by atoms with Crippen molar-refractivity contribution in [1.29, 1.82) is 0 Å². The van der Waals surface area contributed by atoms with E-state index in [-0.39, 0.29) is 0 Å². The van der Waals surface area contributed by atoms with Crippen molar-refractivity contribution < 1.29 is 4.42 Å². The molecule has 0 unspecified atom stereocenters. The molecular weight excluding hydrogens is 196 g/mol. The molecule has 78 valence electrons. The minimum absolute atomic E-state index is 0.291. The Balaban J connectivity index is 2.05. The molecular formula is C8H10N6O. The second-order valence-electron chi connectivity index (χ2n) is 2.77. The van der Waals surface area contributed by atoms with Crippen LogP contribution in [0.4, 0.5) is 11.8 Å². The van der Waals surface area contributed by atoms with Crippen molar-refractivity contribution in [2.75, 3.05) is 11.9 Å². The lowest BCUT2D eigenvalue weighted by Gasteiger charge is -1.96. The Bertz CT molecular complexity index is 414. The van der Waals surface area contributed by atoms with Gasteiger partial charge in [0.1, 0.15) is 0 Å². The zero-order valence-electron chi connectivity index (χ0n) is 7.92. The average Bonchev–Trinajstić information content (AvgIpc) is 2.68. The quantitative estimate of drug-likeness (QED) is 0.731. The Morgan fingerprint density at radius 1 is 1.33 bits per heavy atom. The van der Waals surface area contributed by atoms with Crippen LogP contribution in [0.1, 0.15) is 5.89 Å². The number of hydrogen-bond acceptors (Lipinski definition) is 7. The summed E-state index contributed by atoms with van der Waals surface area (Å²) in [5.74, 6) is 1.06. The van der Waals surface area contributed by atoms with Gasteiger partial charge in [-0.25, -0.2) is 0 Å². The second kappa shape index (κ2) is 4.47. The maximum atomic E-state index is 5.35. The van der Waals surface area contributed by atoms with Crippen LogP contribution in [0.15, 0.2) is 22.7 Å². The van der Waals surface area contributed by atoms with Crippen LogP contribution in [0.5, 0.6) is 0 Å². The second-order valence-corrected chi connectivity index (χ2v) is 2.77. The first-order valence-electron chi connectivity index (χ1n) is 4.45. The number of nitrogens with zero attached hydrogens (tertiary/aromatic N) is 4. The van der Waals surface area contributed by atoms with E-state index < -0.39 is 0 Å². The SMILES string of the molecule is NCCc1nnc(Nc2cccnn2)o1. The summed E-state index contributed by atoms with van der Waals surface area (Å²) in [6, 6.07) is 3.80. The van der Waals surface area contributed by atoms with Gasteiger partial charge in [0.05, 0.1) is 0 Å². The van der Waals surface area contributed by atoms with Gasteiger partial charge >= 0.3 is 6.01 Å². The van der Waals surface area contributed by atoms with Gasteiger partial charge in [0.2, 0.25) is 5.89 Å². The van der Waals surface area contributed by atoms with E-state index in [9.17, 15) is 0 Å². The molecule has 15 heavy (non-hydrogen) atoms. The zero-order chi connectivity index (χ0) is 10.5. The Morgan fingerprint density at radius 2 is 2.27 bits per heavy atom. The van der Waals surface area contributed by atoms with Gasteiger partial charge in [-0.15, -0.1) is 10.2 Å². The molecule has 0 aliphatic heterocycles. The number of nitrogens with one attached hydrogen (secondary N) is 1. The predicted octanol–water partition coefficient (Wildman–Crippen LogP) is 0.104. The fourth-order valence-electron chi connectivity index (χ4n) is 1.01. The zero-order valence-corrected chi connectivity index (χ0v) is 7.92. The molecule has 0 aromatic carbocycles. The monoisotopic (exact) mass is 206 g/mol. The molecule has 0 fully saturated rings. The van der Waals surface area contributed by atoms with Crippen LogP contribution in [0.2, 0.25) is 0 Å². The van der Waals surface area contributed by atoms with Gasteiger partial charge in [-0.2, -0.15) is 5.10 Å². The third-order valence-corrected chi connectivity index (χ3v) is 1.63. The Morgan fingerprint density at radius 3 is 3.00 bits per heavy atom. The van der Waals surface area contributed by atoms with Crippen molar-refractivity contribution in [3.8, 4) is 0 Å². The summed E-state index contributed by atoms with van der Waals surface area (Å²) in [5, 5.41) is 17.9. The van der Waals surface area contributed by atoms with Crippen molar-refractivity contribution >= 4 is 11.8 Å². The smallest absolute Gasteiger partial charge is 0.321 e. The third-order valence-electron chi connectivity index (χ3n) is 1.63. The van der Waals surface area contributed by atoms with Gasteiger partial charge in [0, 0.05) is 19.2 Å². The molecule has 0 saturated heterocycles. The van der Waals surface area contributed by atoms with E-state index in [1.807, 2.05) is 0 Å². The van der Waals surface area contributed by atoms with Crippen molar-refractivity contribution in [3.63, 3.8) is 0 Å². The lowest BCUT2D eigenvalue weighted by Crippen LogP contribution is -2.02. The van der Waals surface area contributed by atoms with Crippen molar-refractivity contribution in [2.24, 2.45) is 5.73 Å². The number of aromatic nitrogens is 4. The number of anilines is 2. The fourth-order valence-corrected chi connectivity index (χ4v) is 1.01. The normalized spacial score (nSPS) is 10.2. The Kier molecular flexibility index (Phi) is 2.84. The summed E-state index contributed by atoms with van der Waals surface area (Å²) < 4.78 is 5.25. The van der Waals surface area contributed by atoms with Crippen LogP contribution in [0.25, 0.3) is 0 Å². The number of hydrogen-bond donors (Lipinski definition) is 2. The molecule has 0 saturated carbocycles. The lowest BCUT2D eigenvalue weighted by molar-refractivity contribution is 0.509. The molecule has 0 aliphatic carbocycles.